The van der Waals surface area contributed by atoms with Crippen LogP contribution in [0, 0.1) is 0 Å². The summed E-state index contributed by atoms with van der Waals surface area (Å²) >= 11 is 0. The van der Waals surface area contributed by atoms with Gasteiger partial charge in [0.25, 0.3) is 0 Å². The monoisotopic (exact) mass is 465 g/mol. The minimum atomic E-state index is -0.316. The second-order valence-corrected chi connectivity index (χ2v) is 9.22. The molecule has 2 aromatic carbocycles. The minimum Gasteiger partial charge on any atom is -0.457 e. The first kappa shape index (κ1) is 22.3. The lowest BCUT2D eigenvalue weighted by atomic mass is 10.1. The first-order valence-corrected chi connectivity index (χ1v) is 11.4. The van der Waals surface area contributed by atoms with Gasteiger partial charge >= 0.3 is 0 Å². The summed E-state index contributed by atoms with van der Waals surface area (Å²) in [6.45, 7) is 6.69. The first-order chi connectivity index (χ1) is 16.9. The highest BCUT2D eigenvalue weighted by atomic mass is 16.5. The molecule has 0 amide bonds. The third-order valence-corrected chi connectivity index (χ3v) is 5.46. The molecule has 35 heavy (non-hydrogen) atoms. The summed E-state index contributed by atoms with van der Waals surface area (Å²) in [4.78, 5) is 13.7. The number of anilines is 2. The van der Waals surface area contributed by atoms with Gasteiger partial charge in [-0.1, -0.05) is 36.4 Å². The topological polar surface area (TPSA) is 104 Å². The third kappa shape index (κ3) is 4.77. The van der Waals surface area contributed by atoms with Gasteiger partial charge in [0.15, 0.2) is 5.65 Å². The van der Waals surface area contributed by atoms with E-state index in [2.05, 4.69) is 36.1 Å². The predicted molar refractivity (Wildman–Crippen MR) is 138 cm³/mol. The maximum Gasteiger partial charge on any atom is 0.225 e. The van der Waals surface area contributed by atoms with E-state index >= 15 is 0 Å². The Balaban J connectivity index is 1.59. The standard InChI is InChI=1S/C27H27N7O/c1-27(2,3)34-24(28)22-23(19-10-7-13-21(15-19)35-20-11-5-4-6-12-20)31-26(32-25(22)33-34)30-17-18-9-8-14-29-16-18/h4-16H,17,28H2,1-3H3,(H,30,32,33). The molecule has 0 saturated carbocycles. The lowest BCUT2D eigenvalue weighted by molar-refractivity contribution is 0.364. The largest absolute Gasteiger partial charge is 0.457 e. The van der Waals surface area contributed by atoms with E-state index in [0.29, 0.717) is 40.8 Å². The van der Waals surface area contributed by atoms with E-state index in [1.54, 1.807) is 10.9 Å². The van der Waals surface area contributed by atoms with Gasteiger partial charge in [0.2, 0.25) is 5.95 Å². The van der Waals surface area contributed by atoms with Crippen molar-refractivity contribution in [2.75, 3.05) is 11.1 Å². The molecule has 3 heterocycles. The third-order valence-electron chi connectivity index (χ3n) is 5.46. The zero-order valence-electron chi connectivity index (χ0n) is 19.9. The van der Waals surface area contributed by atoms with Crippen molar-refractivity contribution in [3.63, 3.8) is 0 Å². The second-order valence-electron chi connectivity index (χ2n) is 9.22. The molecule has 0 saturated heterocycles. The zero-order valence-corrected chi connectivity index (χ0v) is 19.9. The van der Waals surface area contributed by atoms with E-state index in [1.807, 2.05) is 72.9 Å². The highest BCUT2D eigenvalue weighted by Crippen LogP contribution is 2.35. The van der Waals surface area contributed by atoms with Crippen LogP contribution in [0.3, 0.4) is 0 Å². The van der Waals surface area contributed by atoms with Crippen LogP contribution in [0.4, 0.5) is 11.8 Å². The lowest BCUT2D eigenvalue weighted by Gasteiger charge is -2.20. The lowest BCUT2D eigenvalue weighted by Crippen LogP contribution is -2.24. The molecular weight excluding hydrogens is 438 g/mol. The van der Waals surface area contributed by atoms with Gasteiger partial charge in [0.05, 0.1) is 16.6 Å². The Morgan fingerprint density at radius 2 is 1.74 bits per heavy atom. The van der Waals surface area contributed by atoms with Crippen LogP contribution in [0.5, 0.6) is 11.5 Å². The number of nitrogen functional groups attached to an aromatic ring is 1. The quantitative estimate of drug-likeness (QED) is 0.335. The fraction of sp³-hybridized carbons (Fsp3) is 0.185. The van der Waals surface area contributed by atoms with Crippen LogP contribution in [-0.4, -0.2) is 24.7 Å². The van der Waals surface area contributed by atoms with Gasteiger partial charge in [-0.3, -0.25) is 4.98 Å². The van der Waals surface area contributed by atoms with Crippen LogP contribution in [0.1, 0.15) is 26.3 Å². The average molecular weight is 466 g/mol. The van der Waals surface area contributed by atoms with Crippen LogP contribution in [-0.2, 0) is 12.1 Å². The molecule has 8 nitrogen and oxygen atoms in total. The smallest absolute Gasteiger partial charge is 0.225 e. The van der Waals surface area contributed by atoms with Gasteiger partial charge in [-0.25, -0.2) is 9.67 Å². The summed E-state index contributed by atoms with van der Waals surface area (Å²) in [7, 11) is 0. The Kier molecular flexibility index (Phi) is 5.78. The molecule has 176 valence electrons. The average Bonchev–Trinajstić information content (AvgIpc) is 3.21. The Hall–Kier alpha value is -4.46. The summed E-state index contributed by atoms with van der Waals surface area (Å²) < 4.78 is 7.86. The molecule has 0 atom stereocenters. The van der Waals surface area contributed by atoms with Crippen LogP contribution in [0.15, 0.2) is 79.1 Å². The van der Waals surface area contributed by atoms with Gasteiger partial charge < -0.3 is 15.8 Å². The molecule has 8 heteroatoms. The SMILES string of the molecule is CC(C)(C)n1nc2nc(NCc3cccnc3)nc(-c3cccc(Oc4ccccc4)c3)c2c1N. The summed E-state index contributed by atoms with van der Waals surface area (Å²) in [6.07, 6.45) is 3.56. The maximum atomic E-state index is 6.60. The molecule has 5 aromatic rings. The van der Waals surface area contributed by atoms with Crippen molar-refractivity contribution in [3.8, 4) is 22.8 Å². The van der Waals surface area contributed by atoms with Gasteiger partial charge in [0.1, 0.15) is 17.3 Å². The number of hydrogen-bond acceptors (Lipinski definition) is 7. The van der Waals surface area contributed by atoms with E-state index in [1.165, 1.54) is 0 Å². The van der Waals surface area contributed by atoms with Crippen molar-refractivity contribution in [1.29, 1.82) is 0 Å². The van der Waals surface area contributed by atoms with E-state index < -0.39 is 0 Å². The van der Waals surface area contributed by atoms with Crippen molar-refractivity contribution < 1.29 is 4.74 Å². The molecule has 3 N–H and O–H groups in total. The highest BCUT2D eigenvalue weighted by Gasteiger charge is 2.24. The summed E-state index contributed by atoms with van der Waals surface area (Å²) in [5, 5.41) is 8.75. The summed E-state index contributed by atoms with van der Waals surface area (Å²) in [5.74, 6) is 2.45. The minimum absolute atomic E-state index is 0.316. The molecule has 0 fully saturated rings. The molecule has 3 aromatic heterocycles. The van der Waals surface area contributed by atoms with Crippen LogP contribution in [0.2, 0.25) is 0 Å². The molecule has 0 radical (unpaired) electrons. The van der Waals surface area contributed by atoms with Crippen LogP contribution >= 0.6 is 0 Å². The van der Waals surface area contributed by atoms with Crippen molar-refractivity contribution in [1.82, 2.24) is 24.7 Å². The van der Waals surface area contributed by atoms with Crippen LogP contribution < -0.4 is 15.8 Å². The maximum absolute atomic E-state index is 6.60. The first-order valence-electron chi connectivity index (χ1n) is 11.4. The Labute approximate surface area is 203 Å². The summed E-state index contributed by atoms with van der Waals surface area (Å²) in [6, 6.07) is 21.4. The van der Waals surface area contributed by atoms with Crippen molar-refractivity contribution >= 4 is 22.8 Å². The number of para-hydroxylation sites is 1. The van der Waals surface area contributed by atoms with E-state index in [4.69, 9.17) is 20.6 Å². The summed E-state index contributed by atoms with van der Waals surface area (Å²) in [5.41, 5.74) is 9.39. The Morgan fingerprint density at radius 1 is 0.943 bits per heavy atom. The normalized spacial score (nSPS) is 11.5. The molecule has 0 bridgehead atoms. The molecule has 0 aliphatic heterocycles. The van der Waals surface area contributed by atoms with E-state index in [9.17, 15) is 0 Å². The number of aromatic nitrogens is 5. The molecule has 0 aliphatic rings. The van der Waals surface area contributed by atoms with Gasteiger partial charge in [0, 0.05) is 24.5 Å². The molecule has 0 aliphatic carbocycles. The molecular formula is C27H27N7O. The highest BCUT2D eigenvalue weighted by molar-refractivity contribution is 5.99. The number of benzene rings is 2. The number of ether oxygens (including phenoxy) is 1. The Morgan fingerprint density at radius 3 is 2.49 bits per heavy atom. The number of nitrogens with one attached hydrogen (secondary N) is 1. The number of nitrogens with two attached hydrogens (primary N) is 1. The second kappa shape index (κ2) is 9.06. The Bertz CT molecular complexity index is 1460. The number of nitrogens with zero attached hydrogens (tertiary/aromatic N) is 5. The van der Waals surface area contributed by atoms with Gasteiger partial charge in [-0.2, -0.15) is 4.98 Å². The number of rotatable bonds is 6. The number of fused-ring (bicyclic) bond motifs is 1. The zero-order chi connectivity index (χ0) is 24.4. The van der Waals surface area contributed by atoms with Crippen molar-refractivity contribution in [2.45, 2.75) is 32.9 Å². The van der Waals surface area contributed by atoms with E-state index in [0.717, 1.165) is 16.9 Å². The number of hydrogen-bond donors (Lipinski definition) is 2. The fourth-order valence-corrected chi connectivity index (χ4v) is 3.83. The molecule has 0 unspecified atom stereocenters. The predicted octanol–water partition coefficient (Wildman–Crippen LogP) is 5.63. The van der Waals surface area contributed by atoms with Gasteiger partial charge in [-0.15, -0.1) is 5.10 Å². The van der Waals surface area contributed by atoms with Crippen LogP contribution in [0.25, 0.3) is 22.3 Å². The fourth-order valence-electron chi connectivity index (χ4n) is 3.83. The molecule has 5 rings (SSSR count). The van der Waals surface area contributed by atoms with Gasteiger partial charge in [-0.05, 0) is 56.7 Å². The van der Waals surface area contributed by atoms with Crippen molar-refractivity contribution in [3.05, 3.63) is 84.7 Å². The van der Waals surface area contributed by atoms with E-state index in [-0.39, 0.29) is 5.54 Å². The molecule has 0 spiro atoms. The van der Waals surface area contributed by atoms with Crippen molar-refractivity contribution in [2.24, 2.45) is 0 Å². The number of pyridine rings is 1.